The van der Waals surface area contributed by atoms with Crippen LogP contribution in [0.4, 0.5) is 5.69 Å². The molecule has 0 aliphatic heterocycles. The maximum absolute atomic E-state index is 12.4. The van der Waals surface area contributed by atoms with Crippen LogP contribution in [0.2, 0.25) is 5.02 Å². The second kappa shape index (κ2) is 6.63. The summed E-state index contributed by atoms with van der Waals surface area (Å²) in [4.78, 5) is 26.5. The Morgan fingerprint density at radius 1 is 1.14 bits per heavy atom. The molecule has 3 nitrogen and oxygen atoms in total. The van der Waals surface area contributed by atoms with Crippen LogP contribution in [0, 0.1) is 12.3 Å². The third-order valence-corrected chi connectivity index (χ3v) is 4.63. The number of carbonyl (C=O) groups is 2. The molecule has 2 rings (SSSR count). The SMILES string of the molecule is Cc1ccc(C(=O)CC(C)(C)C(=O)Nc2ccc(Cl)cc2)s1. The van der Waals surface area contributed by atoms with Crippen molar-refractivity contribution in [2.75, 3.05) is 5.32 Å². The molecule has 5 heteroatoms. The van der Waals surface area contributed by atoms with Gasteiger partial charge in [-0.05, 0) is 43.3 Å². The van der Waals surface area contributed by atoms with Gasteiger partial charge in [-0.2, -0.15) is 0 Å². The van der Waals surface area contributed by atoms with E-state index in [4.69, 9.17) is 11.6 Å². The minimum absolute atomic E-state index is 0.00523. The highest BCUT2D eigenvalue weighted by Crippen LogP contribution is 2.27. The van der Waals surface area contributed by atoms with Gasteiger partial charge in [0.05, 0.1) is 10.3 Å². The van der Waals surface area contributed by atoms with Crippen LogP contribution in [-0.4, -0.2) is 11.7 Å². The minimum atomic E-state index is -0.783. The zero-order valence-electron chi connectivity index (χ0n) is 12.8. The van der Waals surface area contributed by atoms with Crippen LogP contribution in [0.25, 0.3) is 0 Å². The number of benzene rings is 1. The molecule has 0 saturated heterocycles. The summed E-state index contributed by atoms with van der Waals surface area (Å²) in [6.07, 6.45) is 0.173. The molecule has 116 valence electrons. The number of ketones is 1. The van der Waals surface area contributed by atoms with E-state index in [9.17, 15) is 9.59 Å². The molecule has 0 fully saturated rings. The van der Waals surface area contributed by atoms with Crippen molar-refractivity contribution in [1.29, 1.82) is 0 Å². The number of amides is 1. The predicted octanol–water partition coefficient (Wildman–Crippen LogP) is 4.95. The van der Waals surface area contributed by atoms with Crippen molar-refractivity contribution in [1.82, 2.24) is 0 Å². The van der Waals surface area contributed by atoms with Crippen LogP contribution in [0.15, 0.2) is 36.4 Å². The Morgan fingerprint density at radius 2 is 1.77 bits per heavy atom. The lowest BCUT2D eigenvalue weighted by atomic mass is 9.86. The second-order valence-corrected chi connectivity index (χ2v) is 7.58. The Labute approximate surface area is 139 Å². The van der Waals surface area contributed by atoms with Gasteiger partial charge in [0, 0.05) is 22.0 Å². The molecular formula is C17H18ClNO2S. The van der Waals surface area contributed by atoms with Gasteiger partial charge in [0.25, 0.3) is 0 Å². The van der Waals surface area contributed by atoms with Crippen molar-refractivity contribution in [2.45, 2.75) is 27.2 Å². The zero-order valence-corrected chi connectivity index (χ0v) is 14.3. The third-order valence-electron chi connectivity index (χ3n) is 3.33. The molecule has 0 spiro atoms. The van der Waals surface area contributed by atoms with Gasteiger partial charge in [-0.25, -0.2) is 0 Å². The van der Waals surface area contributed by atoms with E-state index in [0.717, 1.165) is 4.88 Å². The van der Waals surface area contributed by atoms with Gasteiger partial charge in [-0.15, -0.1) is 11.3 Å². The topological polar surface area (TPSA) is 46.2 Å². The number of Topliss-reactive ketones (excluding diaryl/α,β-unsaturated/α-hetero) is 1. The molecule has 0 radical (unpaired) electrons. The quantitative estimate of drug-likeness (QED) is 0.786. The first-order valence-corrected chi connectivity index (χ1v) is 8.14. The third kappa shape index (κ3) is 4.18. The Balaban J connectivity index is 2.03. The van der Waals surface area contributed by atoms with Gasteiger partial charge in [-0.3, -0.25) is 9.59 Å². The predicted molar refractivity (Wildman–Crippen MR) is 91.9 cm³/mol. The molecule has 1 amide bonds. The first kappa shape index (κ1) is 16.7. The van der Waals surface area contributed by atoms with Crippen LogP contribution >= 0.6 is 22.9 Å². The number of hydrogen-bond donors (Lipinski definition) is 1. The molecule has 0 atom stereocenters. The summed E-state index contributed by atoms with van der Waals surface area (Å²) in [5.74, 6) is -0.189. The summed E-state index contributed by atoms with van der Waals surface area (Å²) in [6.45, 7) is 5.51. The van der Waals surface area contributed by atoms with E-state index in [2.05, 4.69) is 5.32 Å². The number of nitrogens with one attached hydrogen (secondary N) is 1. The number of carbonyl (C=O) groups excluding carboxylic acids is 2. The standard InChI is InChI=1S/C17H18ClNO2S/c1-11-4-9-15(22-11)14(20)10-17(2,3)16(21)19-13-7-5-12(18)6-8-13/h4-9H,10H2,1-3H3,(H,19,21). The Hall–Kier alpha value is -1.65. The summed E-state index contributed by atoms with van der Waals surface area (Å²) >= 11 is 7.28. The number of rotatable bonds is 5. The van der Waals surface area contributed by atoms with Crippen molar-refractivity contribution in [3.8, 4) is 0 Å². The zero-order chi connectivity index (χ0) is 16.3. The Bertz CT molecular complexity index is 689. The molecule has 2 aromatic rings. The average molecular weight is 336 g/mol. The summed E-state index contributed by atoms with van der Waals surface area (Å²) in [6, 6.07) is 10.6. The number of thiophene rings is 1. The van der Waals surface area contributed by atoms with Crippen LogP contribution in [0.3, 0.4) is 0 Å². The van der Waals surface area contributed by atoms with E-state index in [1.165, 1.54) is 11.3 Å². The van der Waals surface area contributed by atoms with Crippen molar-refractivity contribution < 1.29 is 9.59 Å². The second-order valence-electron chi connectivity index (χ2n) is 5.86. The van der Waals surface area contributed by atoms with Gasteiger partial charge >= 0.3 is 0 Å². The van der Waals surface area contributed by atoms with E-state index in [-0.39, 0.29) is 18.1 Å². The molecule has 0 saturated carbocycles. The Morgan fingerprint density at radius 3 is 2.32 bits per heavy atom. The van der Waals surface area contributed by atoms with Crippen molar-refractivity contribution in [2.24, 2.45) is 5.41 Å². The lowest BCUT2D eigenvalue weighted by Gasteiger charge is -2.22. The maximum atomic E-state index is 12.4. The number of hydrogen-bond acceptors (Lipinski definition) is 3. The highest BCUT2D eigenvalue weighted by molar-refractivity contribution is 7.14. The molecule has 0 bridgehead atoms. The summed E-state index contributed by atoms with van der Waals surface area (Å²) in [5.41, 5.74) is -0.115. The molecule has 22 heavy (non-hydrogen) atoms. The van der Waals surface area contributed by atoms with Gasteiger partial charge in [0.1, 0.15) is 0 Å². The highest BCUT2D eigenvalue weighted by atomic mass is 35.5. The normalized spacial score (nSPS) is 11.3. The van der Waals surface area contributed by atoms with Crippen LogP contribution in [0.1, 0.15) is 34.8 Å². The van der Waals surface area contributed by atoms with E-state index in [1.54, 1.807) is 38.1 Å². The number of halogens is 1. The molecule has 1 N–H and O–H groups in total. The van der Waals surface area contributed by atoms with Gasteiger partial charge in [0.2, 0.25) is 5.91 Å². The van der Waals surface area contributed by atoms with Crippen molar-refractivity contribution in [3.05, 3.63) is 51.2 Å². The fourth-order valence-electron chi connectivity index (χ4n) is 1.99. The molecule has 1 aromatic heterocycles. The summed E-state index contributed by atoms with van der Waals surface area (Å²) in [5, 5.41) is 3.44. The van der Waals surface area contributed by atoms with Gasteiger partial charge in [-0.1, -0.05) is 25.4 Å². The van der Waals surface area contributed by atoms with Crippen LogP contribution < -0.4 is 5.32 Å². The minimum Gasteiger partial charge on any atom is -0.326 e. The largest absolute Gasteiger partial charge is 0.326 e. The van der Waals surface area contributed by atoms with Gasteiger partial charge < -0.3 is 5.32 Å². The molecular weight excluding hydrogens is 318 g/mol. The smallest absolute Gasteiger partial charge is 0.230 e. The van der Waals surface area contributed by atoms with Crippen molar-refractivity contribution >= 4 is 40.3 Å². The molecule has 1 heterocycles. The van der Waals surface area contributed by atoms with Gasteiger partial charge in [0.15, 0.2) is 5.78 Å². The molecule has 0 aliphatic carbocycles. The lowest BCUT2D eigenvalue weighted by Crippen LogP contribution is -2.32. The Kier molecular flexibility index (Phi) is 5.04. The molecule has 0 unspecified atom stereocenters. The maximum Gasteiger partial charge on any atom is 0.230 e. The molecule has 0 aliphatic rings. The lowest BCUT2D eigenvalue weighted by molar-refractivity contribution is -0.123. The number of aryl methyl sites for hydroxylation is 1. The monoisotopic (exact) mass is 335 g/mol. The summed E-state index contributed by atoms with van der Waals surface area (Å²) < 4.78 is 0. The fraction of sp³-hybridized carbons (Fsp3) is 0.294. The highest BCUT2D eigenvalue weighted by Gasteiger charge is 2.31. The first-order valence-electron chi connectivity index (χ1n) is 6.94. The van der Waals surface area contributed by atoms with Crippen LogP contribution in [0.5, 0.6) is 0 Å². The average Bonchev–Trinajstić information content (AvgIpc) is 2.87. The number of anilines is 1. The fourth-order valence-corrected chi connectivity index (χ4v) is 2.92. The van der Waals surface area contributed by atoms with E-state index in [0.29, 0.717) is 15.6 Å². The van der Waals surface area contributed by atoms with E-state index < -0.39 is 5.41 Å². The first-order chi connectivity index (χ1) is 10.3. The van der Waals surface area contributed by atoms with Crippen LogP contribution in [-0.2, 0) is 4.79 Å². The summed E-state index contributed by atoms with van der Waals surface area (Å²) in [7, 11) is 0. The van der Waals surface area contributed by atoms with E-state index in [1.807, 2.05) is 19.1 Å². The molecule has 1 aromatic carbocycles. The van der Waals surface area contributed by atoms with E-state index >= 15 is 0 Å². The van der Waals surface area contributed by atoms with Crippen molar-refractivity contribution in [3.63, 3.8) is 0 Å².